The summed E-state index contributed by atoms with van der Waals surface area (Å²) in [6, 6.07) is 3.04. The van der Waals surface area contributed by atoms with E-state index in [1.807, 2.05) is 12.3 Å². The third kappa shape index (κ3) is 5.02. The minimum absolute atomic E-state index is 0.0405. The van der Waals surface area contributed by atoms with E-state index in [0.29, 0.717) is 15.7 Å². The van der Waals surface area contributed by atoms with Crippen LogP contribution in [0.4, 0.5) is 5.69 Å². The highest BCUT2D eigenvalue weighted by Gasteiger charge is 2.23. The lowest BCUT2D eigenvalue weighted by Crippen LogP contribution is -2.40. The van der Waals surface area contributed by atoms with E-state index >= 15 is 0 Å². The van der Waals surface area contributed by atoms with Crippen LogP contribution in [0.15, 0.2) is 32.8 Å². The summed E-state index contributed by atoms with van der Waals surface area (Å²) in [4.78, 5) is 38.9. The average Bonchev–Trinajstić information content (AvgIpc) is 2.99. The Morgan fingerprint density at radius 1 is 1.46 bits per heavy atom. The van der Waals surface area contributed by atoms with Crippen molar-refractivity contribution in [3.8, 4) is 0 Å². The molecule has 0 aliphatic carbocycles. The number of nitrogens with zero attached hydrogens (tertiary/aromatic N) is 2. The lowest BCUT2D eigenvalue weighted by atomic mass is 10.1. The van der Waals surface area contributed by atoms with Crippen molar-refractivity contribution in [1.82, 2.24) is 10.3 Å². The van der Waals surface area contributed by atoms with Gasteiger partial charge in [-0.3, -0.25) is 14.9 Å². The molecular weight excluding hydrogens is 378 g/mol. The number of amides is 1. The Hall–Kier alpha value is -2.46. The maximum absolute atomic E-state index is 12.3. The number of thiazole rings is 1. The summed E-state index contributed by atoms with van der Waals surface area (Å²) in [6.07, 6.45) is 0.862. The predicted octanol–water partition coefficient (Wildman–Crippen LogP) is 3.49. The van der Waals surface area contributed by atoms with Gasteiger partial charge in [0.15, 0.2) is 4.34 Å². The Morgan fingerprint density at radius 2 is 2.19 bits per heavy atom. The second kappa shape index (κ2) is 8.77. The van der Waals surface area contributed by atoms with Gasteiger partial charge in [0.25, 0.3) is 11.6 Å². The van der Waals surface area contributed by atoms with Crippen LogP contribution in [0.2, 0.25) is 0 Å². The van der Waals surface area contributed by atoms with Crippen LogP contribution in [0.3, 0.4) is 0 Å². The number of hydrogen-bond donors (Lipinski definition) is 2. The second-order valence-corrected chi connectivity index (χ2v) is 7.60. The summed E-state index contributed by atoms with van der Waals surface area (Å²) < 4.78 is 0.664. The quantitative estimate of drug-likeness (QED) is 0.518. The molecule has 10 heteroatoms. The molecule has 2 aromatic rings. The van der Waals surface area contributed by atoms with E-state index in [-0.39, 0.29) is 17.7 Å². The Morgan fingerprint density at radius 3 is 2.73 bits per heavy atom. The van der Waals surface area contributed by atoms with E-state index in [4.69, 9.17) is 5.11 Å². The highest BCUT2D eigenvalue weighted by molar-refractivity contribution is 8.01. The molecule has 0 aliphatic rings. The van der Waals surface area contributed by atoms with Crippen molar-refractivity contribution < 1.29 is 19.6 Å². The Bertz CT molecular complexity index is 837. The Balaban J connectivity index is 2.25. The molecule has 1 aromatic carbocycles. The van der Waals surface area contributed by atoms with Crippen LogP contribution < -0.4 is 5.32 Å². The SMILES string of the molecule is CCCC(NC(=O)c1ccc(Sc2nc(C)cs2)c([N+](=O)[O-])c1)C(=O)O. The molecule has 0 bridgehead atoms. The third-order valence-corrected chi connectivity index (χ3v) is 5.52. The number of nitro groups is 1. The molecule has 0 radical (unpaired) electrons. The van der Waals surface area contributed by atoms with Crippen molar-refractivity contribution >= 4 is 40.7 Å². The number of carbonyl (C=O) groups is 2. The van der Waals surface area contributed by atoms with Gasteiger partial charge in [0.2, 0.25) is 0 Å². The number of aryl methyl sites for hydroxylation is 1. The van der Waals surface area contributed by atoms with Crippen LogP contribution in [-0.2, 0) is 4.79 Å². The lowest BCUT2D eigenvalue weighted by Gasteiger charge is -2.13. The standard InChI is InChI=1S/C16H17N3O5S2/c1-3-4-11(15(21)22)18-14(20)10-5-6-13(12(7-10)19(23)24)26-16-17-9(2)8-25-16/h5-8,11H,3-4H2,1-2H3,(H,18,20)(H,21,22). The van der Waals surface area contributed by atoms with Crippen LogP contribution in [0.1, 0.15) is 35.8 Å². The summed E-state index contributed by atoms with van der Waals surface area (Å²) in [5, 5.41) is 24.7. The summed E-state index contributed by atoms with van der Waals surface area (Å²) >= 11 is 2.53. The molecule has 1 atom stereocenters. The number of rotatable bonds is 8. The molecule has 1 aromatic heterocycles. The first kappa shape index (κ1) is 19.9. The monoisotopic (exact) mass is 395 g/mol. The van der Waals surface area contributed by atoms with Gasteiger partial charge in [-0.1, -0.05) is 25.1 Å². The molecule has 2 N–H and O–H groups in total. The van der Waals surface area contributed by atoms with Gasteiger partial charge in [-0.2, -0.15) is 0 Å². The zero-order valence-electron chi connectivity index (χ0n) is 14.1. The van der Waals surface area contributed by atoms with E-state index < -0.39 is 22.8 Å². The van der Waals surface area contributed by atoms with Crippen molar-refractivity contribution in [2.24, 2.45) is 0 Å². The smallest absolute Gasteiger partial charge is 0.326 e. The fourth-order valence-corrected chi connectivity index (χ4v) is 4.03. The van der Waals surface area contributed by atoms with Crippen LogP contribution in [0.5, 0.6) is 0 Å². The second-order valence-electron chi connectivity index (χ2n) is 5.45. The van der Waals surface area contributed by atoms with Crippen molar-refractivity contribution in [2.45, 2.75) is 42.0 Å². The number of nitro benzene ring substituents is 1. The highest BCUT2D eigenvalue weighted by atomic mass is 32.2. The van der Waals surface area contributed by atoms with Gasteiger partial charge in [-0.05, 0) is 25.5 Å². The molecule has 0 fully saturated rings. The topological polar surface area (TPSA) is 122 Å². The molecule has 2 rings (SSSR count). The van der Waals surface area contributed by atoms with Gasteiger partial charge in [-0.15, -0.1) is 11.3 Å². The number of hydrogen-bond acceptors (Lipinski definition) is 7. The van der Waals surface area contributed by atoms with Gasteiger partial charge in [0.05, 0.1) is 9.82 Å². The number of benzene rings is 1. The van der Waals surface area contributed by atoms with Gasteiger partial charge >= 0.3 is 5.97 Å². The summed E-state index contributed by atoms with van der Waals surface area (Å²) in [6.45, 7) is 3.64. The zero-order chi connectivity index (χ0) is 19.3. The maximum atomic E-state index is 12.3. The zero-order valence-corrected chi connectivity index (χ0v) is 15.7. The normalized spacial score (nSPS) is 11.8. The first-order valence-corrected chi connectivity index (χ1v) is 9.43. The molecule has 138 valence electrons. The molecule has 8 nitrogen and oxygen atoms in total. The number of carbonyl (C=O) groups excluding carboxylic acids is 1. The van der Waals surface area contributed by atoms with Crippen molar-refractivity contribution in [2.75, 3.05) is 0 Å². The molecule has 0 saturated carbocycles. The molecule has 0 spiro atoms. The summed E-state index contributed by atoms with van der Waals surface area (Å²) in [5.74, 6) is -1.79. The van der Waals surface area contributed by atoms with Crippen LogP contribution >= 0.6 is 23.1 Å². The molecular formula is C16H17N3O5S2. The fraction of sp³-hybridized carbons (Fsp3) is 0.312. The Kier molecular flexibility index (Phi) is 6.70. The Labute approximate surface area is 157 Å². The lowest BCUT2D eigenvalue weighted by molar-refractivity contribution is -0.387. The number of aliphatic carboxylic acids is 1. The van der Waals surface area contributed by atoms with Crippen LogP contribution in [-0.4, -0.2) is 32.9 Å². The number of nitrogens with one attached hydrogen (secondary N) is 1. The van der Waals surface area contributed by atoms with Crippen molar-refractivity contribution in [3.05, 3.63) is 45.0 Å². The molecule has 0 saturated heterocycles. The van der Waals surface area contributed by atoms with Gasteiger partial charge in [0, 0.05) is 22.7 Å². The maximum Gasteiger partial charge on any atom is 0.326 e. The predicted molar refractivity (Wildman–Crippen MR) is 97.9 cm³/mol. The van der Waals surface area contributed by atoms with Crippen molar-refractivity contribution in [3.63, 3.8) is 0 Å². The molecule has 1 amide bonds. The highest BCUT2D eigenvalue weighted by Crippen LogP contribution is 2.36. The third-order valence-electron chi connectivity index (χ3n) is 3.39. The van der Waals surface area contributed by atoms with E-state index in [1.54, 1.807) is 6.92 Å². The minimum Gasteiger partial charge on any atom is -0.480 e. The minimum atomic E-state index is -1.14. The van der Waals surface area contributed by atoms with Crippen LogP contribution in [0, 0.1) is 17.0 Å². The largest absolute Gasteiger partial charge is 0.480 e. The summed E-state index contributed by atoms with van der Waals surface area (Å²) in [7, 11) is 0. The van der Waals surface area contributed by atoms with Gasteiger partial charge in [-0.25, -0.2) is 9.78 Å². The first-order valence-electron chi connectivity index (χ1n) is 7.74. The molecule has 26 heavy (non-hydrogen) atoms. The van der Waals surface area contributed by atoms with Gasteiger partial charge < -0.3 is 10.4 Å². The van der Waals surface area contributed by atoms with E-state index in [2.05, 4.69) is 10.3 Å². The molecule has 0 aliphatic heterocycles. The number of carboxylic acid groups (broad SMARTS) is 1. The van der Waals surface area contributed by atoms with Gasteiger partial charge in [0.1, 0.15) is 6.04 Å². The number of carboxylic acids is 1. The van der Waals surface area contributed by atoms with E-state index in [0.717, 1.165) is 23.5 Å². The van der Waals surface area contributed by atoms with Crippen LogP contribution in [0.25, 0.3) is 0 Å². The molecule has 1 unspecified atom stereocenters. The van der Waals surface area contributed by atoms with Crippen molar-refractivity contribution in [1.29, 1.82) is 0 Å². The molecule has 1 heterocycles. The van der Waals surface area contributed by atoms with E-state index in [1.165, 1.54) is 23.5 Å². The summed E-state index contributed by atoms with van der Waals surface area (Å²) in [5.41, 5.74) is 0.642. The van der Waals surface area contributed by atoms with E-state index in [9.17, 15) is 19.7 Å². The number of aromatic nitrogens is 1. The average molecular weight is 395 g/mol. The fourth-order valence-electron chi connectivity index (χ4n) is 2.15. The first-order chi connectivity index (χ1) is 12.3.